The topological polar surface area (TPSA) is 134 Å². The zero-order chi connectivity index (χ0) is 30.2. The van der Waals surface area contributed by atoms with E-state index in [9.17, 15) is 24.0 Å². The largest absolute Gasteiger partial charge is 0.393 e. The Kier molecular flexibility index (Phi) is 8.95. The van der Waals surface area contributed by atoms with Gasteiger partial charge in [0.25, 0.3) is 17.7 Å². The number of ether oxygens (including phenoxy) is 1. The van der Waals surface area contributed by atoms with Crippen molar-refractivity contribution >= 4 is 41.9 Å². The summed E-state index contributed by atoms with van der Waals surface area (Å²) >= 11 is 1.23. The van der Waals surface area contributed by atoms with Crippen LogP contribution < -0.4 is 5.73 Å². The van der Waals surface area contributed by atoms with E-state index in [-0.39, 0.29) is 39.9 Å². The minimum atomic E-state index is -0.799. The molecule has 232 valence electrons. The summed E-state index contributed by atoms with van der Waals surface area (Å²) in [5.74, 6) is 0.0608. The number of likely N-dealkylation sites (N-methyl/N-ethyl adjacent to an activating group) is 2. The molecule has 3 saturated carbocycles. The standard InChI is InChI=1S/C30H45N5O6S/c1-4-42-24(31)23(25(37)32(2)13-20-7-5-6-8-20)26(38)34(19-36)22-9-11-29(12-10-22)17-30(18-29)27(39)33(3)28(40)35(30)14-21-15-41-16-21/h19-22H,4-18,31H2,1-3H3/b24-23+. The summed E-state index contributed by atoms with van der Waals surface area (Å²) in [6, 6.07) is -0.594. The van der Waals surface area contributed by atoms with Crippen molar-refractivity contribution in [2.75, 3.05) is 46.2 Å². The fourth-order valence-corrected chi connectivity index (χ4v) is 8.60. The summed E-state index contributed by atoms with van der Waals surface area (Å²) in [4.78, 5) is 71.7. The van der Waals surface area contributed by atoms with E-state index in [1.165, 1.54) is 21.6 Å². The van der Waals surface area contributed by atoms with Crippen molar-refractivity contribution in [3.8, 4) is 0 Å². The van der Waals surface area contributed by atoms with Crippen LogP contribution >= 0.6 is 11.8 Å². The molecule has 0 aromatic heterocycles. The lowest BCUT2D eigenvalue weighted by molar-refractivity contribution is -0.154. The zero-order valence-corrected chi connectivity index (χ0v) is 26.0. The van der Waals surface area contributed by atoms with Crippen LogP contribution in [0.2, 0.25) is 0 Å². The van der Waals surface area contributed by atoms with Crippen LogP contribution in [-0.4, -0.2) is 107 Å². The van der Waals surface area contributed by atoms with Gasteiger partial charge in [0.2, 0.25) is 6.41 Å². The molecular weight excluding hydrogens is 558 g/mol. The van der Waals surface area contributed by atoms with Crippen molar-refractivity contribution in [1.82, 2.24) is 19.6 Å². The Morgan fingerprint density at radius 3 is 2.26 bits per heavy atom. The molecule has 0 aromatic rings. The number of urea groups is 1. The number of hydrogen-bond acceptors (Lipinski definition) is 8. The molecule has 2 heterocycles. The van der Waals surface area contributed by atoms with Gasteiger partial charge in [-0.2, -0.15) is 0 Å². The van der Waals surface area contributed by atoms with Crippen molar-refractivity contribution in [1.29, 1.82) is 0 Å². The van der Waals surface area contributed by atoms with Gasteiger partial charge in [0.15, 0.2) is 0 Å². The normalized spacial score (nSPS) is 30.4. The molecule has 2 saturated heterocycles. The number of carbonyl (C=O) groups excluding carboxylic acids is 5. The highest BCUT2D eigenvalue weighted by Crippen LogP contribution is 2.61. The third-order valence-corrected chi connectivity index (χ3v) is 11.1. The first-order chi connectivity index (χ1) is 20.1. The molecule has 2 spiro atoms. The van der Waals surface area contributed by atoms with Crippen LogP contribution in [-0.2, 0) is 23.9 Å². The van der Waals surface area contributed by atoms with E-state index in [4.69, 9.17) is 10.5 Å². The maximum atomic E-state index is 13.8. The Labute approximate surface area is 252 Å². The van der Waals surface area contributed by atoms with Crippen molar-refractivity contribution in [2.24, 2.45) is 23.0 Å². The van der Waals surface area contributed by atoms with Crippen LogP contribution in [0.15, 0.2) is 10.6 Å². The lowest BCUT2D eigenvalue weighted by atomic mass is 9.51. The van der Waals surface area contributed by atoms with Gasteiger partial charge in [0.1, 0.15) is 11.1 Å². The fourth-order valence-electron chi connectivity index (χ4n) is 7.97. The van der Waals surface area contributed by atoms with Crippen LogP contribution in [0.25, 0.3) is 0 Å². The predicted octanol–water partition coefficient (Wildman–Crippen LogP) is 2.55. The molecule has 0 radical (unpaired) electrons. The van der Waals surface area contributed by atoms with Gasteiger partial charge in [-0.15, -0.1) is 11.8 Å². The third-order valence-electron chi connectivity index (χ3n) is 10.3. The Bertz CT molecular complexity index is 1130. The molecule has 5 fully saturated rings. The lowest BCUT2D eigenvalue weighted by Gasteiger charge is -2.59. The molecule has 2 aliphatic heterocycles. The lowest BCUT2D eigenvalue weighted by Crippen LogP contribution is -2.65. The monoisotopic (exact) mass is 603 g/mol. The predicted molar refractivity (Wildman–Crippen MR) is 158 cm³/mol. The van der Waals surface area contributed by atoms with Gasteiger partial charge in [-0.05, 0) is 68.5 Å². The molecule has 5 rings (SSSR count). The van der Waals surface area contributed by atoms with Gasteiger partial charge in [-0.1, -0.05) is 19.8 Å². The minimum Gasteiger partial charge on any atom is -0.393 e. The van der Waals surface area contributed by atoms with Crippen molar-refractivity contribution in [3.05, 3.63) is 10.6 Å². The van der Waals surface area contributed by atoms with E-state index in [1.807, 2.05) is 6.92 Å². The molecule has 12 heteroatoms. The van der Waals surface area contributed by atoms with Gasteiger partial charge < -0.3 is 20.3 Å². The second-order valence-electron chi connectivity index (χ2n) is 13.1. The zero-order valence-electron chi connectivity index (χ0n) is 25.1. The summed E-state index contributed by atoms with van der Waals surface area (Å²) < 4.78 is 5.30. The highest BCUT2D eigenvalue weighted by atomic mass is 32.2. The van der Waals surface area contributed by atoms with E-state index < -0.39 is 17.4 Å². The van der Waals surface area contributed by atoms with E-state index in [2.05, 4.69) is 0 Å². The molecule has 2 N–H and O–H groups in total. The first-order valence-electron chi connectivity index (χ1n) is 15.4. The number of nitrogens with two attached hydrogens (primary N) is 1. The van der Waals surface area contributed by atoms with Crippen LogP contribution in [0.3, 0.4) is 0 Å². The highest BCUT2D eigenvalue weighted by molar-refractivity contribution is 8.03. The first-order valence-corrected chi connectivity index (χ1v) is 16.4. The third kappa shape index (κ3) is 5.44. The van der Waals surface area contributed by atoms with Crippen molar-refractivity contribution in [3.63, 3.8) is 0 Å². The maximum absolute atomic E-state index is 13.8. The van der Waals surface area contributed by atoms with Gasteiger partial charge in [-0.3, -0.25) is 29.0 Å². The number of carbonyl (C=O) groups is 5. The highest BCUT2D eigenvalue weighted by Gasteiger charge is 2.68. The minimum absolute atomic E-state index is 0.114. The molecule has 5 aliphatic rings. The summed E-state index contributed by atoms with van der Waals surface area (Å²) in [5, 5.41) is 0.149. The number of nitrogens with zero attached hydrogens (tertiary/aromatic N) is 4. The van der Waals surface area contributed by atoms with E-state index in [1.54, 1.807) is 23.9 Å². The average molecular weight is 604 g/mol. The second kappa shape index (κ2) is 12.2. The van der Waals surface area contributed by atoms with E-state index >= 15 is 0 Å². The molecule has 0 bridgehead atoms. The molecule has 0 atom stereocenters. The first kappa shape index (κ1) is 30.8. The smallest absolute Gasteiger partial charge is 0.327 e. The SMILES string of the molecule is CCS/C(N)=C(\C(=O)N(C)CC1CCCC1)C(=O)N(C=O)C1CCC2(CC1)CC1(C2)C(=O)N(C)C(=O)N1CC1COC1. The second-order valence-corrected chi connectivity index (χ2v) is 14.4. The Morgan fingerprint density at radius 2 is 1.71 bits per heavy atom. The summed E-state index contributed by atoms with van der Waals surface area (Å²) in [7, 11) is 3.26. The summed E-state index contributed by atoms with van der Waals surface area (Å²) in [6.45, 7) is 4.21. The number of amides is 6. The summed E-state index contributed by atoms with van der Waals surface area (Å²) in [5.41, 5.74) is 5.26. The average Bonchev–Trinajstić information content (AvgIpc) is 3.49. The van der Waals surface area contributed by atoms with Crippen molar-refractivity contribution in [2.45, 2.75) is 82.7 Å². The van der Waals surface area contributed by atoms with Gasteiger partial charge in [0, 0.05) is 39.1 Å². The maximum Gasteiger partial charge on any atom is 0.327 e. The summed E-state index contributed by atoms with van der Waals surface area (Å²) in [6.07, 6.45) is 8.80. The Balaban J connectivity index is 1.25. The van der Waals surface area contributed by atoms with Gasteiger partial charge >= 0.3 is 6.03 Å². The van der Waals surface area contributed by atoms with Gasteiger partial charge in [-0.25, -0.2) is 4.79 Å². The number of rotatable bonds is 10. The molecule has 11 nitrogen and oxygen atoms in total. The van der Waals surface area contributed by atoms with Crippen molar-refractivity contribution < 1.29 is 28.7 Å². The van der Waals surface area contributed by atoms with E-state index in [0.29, 0.717) is 70.1 Å². The fraction of sp³-hybridized carbons (Fsp3) is 0.767. The van der Waals surface area contributed by atoms with E-state index in [0.717, 1.165) is 38.5 Å². The van der Waals surface area contributed by atoms with Crippen LogP contribution in [0, 0.1) is 17.3 Å². The van der Waals surface area contributed by atoms with Crippen LogP contribution in [0.5, 0.6) is 0 Å². The molecule has 0 unspecified atom stereocenters. The number of hydrogen-bond donors (Lipinski definition) is 1. The molecule has 3 aliphatic carbocycles. The molecule has 42 heavy (non-hydrogen) atoms. The quantitative estimate of drug-likeness (QED) is 0.132. The van der Waals surface area contributed by atoms with Crippen LogP contribution in [0.4, 0.5) is 4.79 Å². The van der Waals surface area contributed by atoms with Crippen LogP contribution in [0.1, 0.15) is 71.1 Å². The van der Waals surface area contributed by atoms with Gasteiger partial charge in [0.05, 0.1) is 18.2 Å². The Morgan fingerprint density at radius 1 is 1.07 bits per heavy atom. The number of thioether (sulfide) groups is 1. The number of imide groups is 2. The molecule has 0 aromatic carbocycles. The Hall–Kier alpha value is -2.60. The molecule has 6 amide bonds. The molecular formula is C30H45N5O6S.